The Labute approximate surface area is 142 Å². The highest BCUT2D eigenvalue weighted by molar-refractivity contribution is 9.10. The van der Waals surface area contributed by atoms with E-state index in [0.29, 0.717) is 6.04 Å². The van der Waals surface area contributed by atoms with Gasteiger partial charge in [0.2, 0.25) is 0 Å². The lowest BCUT2D eigenvalue weighted by Crippen LogP contribution is -2.24. The summed E-state index contributed by atoms with van der Waals surface area (Å²) in [6.45, 7) is 0. The first-order chi connectivity index (χ1) is 10.2. The lowest BCUT2D eigenvalue weighted by molar-refractivity contribution is 0.596. The van der Waals surface area contributed by atoms with Crippen molar-refractivity contribution in [2.24, 2.45) is 0 Å². The summed E-state index contributed by atoms with van der Waals surface area (Å²) < 4.78 is 1.06. The topological polar surface area (TPSA) is 24.9 Å². The number of thiazole rings is 1. The summed E-state index contributed by atoms with van der Waals surface area (Å²) in [7, 11) is 0. The zero-order valence-corrected chi connectivity index (χ0v) is 14.7. The number of aryl methyl sites for hydroxylation is 2. The molecule has 110 valence electrons. The van der Waals surface area contributed by atoms with Crippen molar-refractivity contribution in [1.29, 1.82) is 0 Å². The molecule has 0 radical (unpaired) electrons. The van der Waals surface area contributed by atoms with Gasteiger partial charge in [-0.2, -0.15) is 0 Å². The molecule has 0 bridgehead atoms. The summed E-state index contributed by atoms with van der Waals surface area (Å²) in [5, 5.41) is 5.71. The zero-order valence-electron chi connectivity index (χ0n) is 11.5. The second kappa shape index (κ2) is 5.65. The van der Waals surface area contributed by atoms with Gasteiger partial charge in [-0.1, -0.05) is 27.5 Å². The maximum atomic E-state index is 6.46. The quantitative estimate of drug-likeness (QED) is 0.813. The lowest BCUT2D eigenvalue weighted by Gasteiger charge is -2.18. The maximum Gasteiger partial charge on any atom is 0.115 e. The van der Waals surface area contributed by atoms with Crippen molar-refractivity contribution in [1.82, 2.24) is 10.3 Å². The van der Waals surface area contributed by atoms with Crippen LogP contribution in [0.2, 0.25) is 5.02 Å². The second-order valence-electron chi connectivity index (χ2n) is 5.82. The first-order valence-corrected chi connectivity index (χ1v) is 9.39. The molecule has 2 aromatic rings. The third-order valence-corrected chi connectivity index (χ3v) is 6.17. The van der Waals surface area contributed by atoms with Crippen molar-refractivity contribution in [3.63, 3.8) is 0 Å². The summed E-state index contributed by atoms with van der Waals surface area (Å²) in [4.78, 5) is 6.37. The molecule has 1 unspecified atom stereocenters. The van der Waals surface area contributed by atoms with Crippen LogP contribution < -0.4 is 5.32 Å². The van der Waals surface area contributed by atoms with E-state index >= 15 is 0 Å². The molecule has 1 heterocycles. The summed E-state index contributed by atoms with van der Waals surface area (Å²) in [5.41, 5.74) is 2.44. The van der Waals surface area contributed by atoms with Gasteiger partial charge in [-0.05, 0) is 55.9 Å². The maximum absolute atomic E-state index is 6.46. The van der Waals surface area contributed by atoms with Crippen LogP contribution in [0.4, 0.5) is 0 Å². The Bertz CT molecular complexity index is 659. The van der Waals surface area contributed by atoms with Gasteiger partial charge in [0.05, 0.1) is 11.7 Å². The van der Waals surface area contributed by atoms with Crippen molar-refractivity contribution in [2.45, 2.75) is 44.2 Å². The monoisotopic (exact) mass is 382 g/mol. The molecule has 1 N–H and O–H groups in total. The number of halogens is 2. The number of hydrogen-bond acceptors (Lipinski definition) is 3. The molecule has 4 rings (SSSR count). The fourth-order valence-corrected chi connectivity index (χ4v) is 4.69. The fourth-order valence-electron chi connectivity index (χ4n) is 2.85. The predicted molar refractivity (Wildman–Crippen MR) is 91.3 cm³/mol. The molecule has 0 amide bonds. The third kappa shape index (κ3) is 2.91. The minimum Gasteiger partial charge on any atom is -0.301 e. The van der Waals surface area contributed by atoms with E-state index in [1.807, 2.05) is 23.5 Å². The Kier molecular flexibility index (Phi) is 3.82. The van der Waals surface area contributed by atoms with Crippen LogP contribution in [0.25, 0.3) is 0 Å². The average Bonchev–Trinajstić information content (AvgIpc) is 3.02. The molecular formula is C16H16BrClN2S. The van der Waals surface area contributed by atoms with Crippen LogP contribution in [0, 0.1) is 0 Å². The minimum absolute atomic E-state index is 0.123. The molecule has 0 spiro atoms. The van der Waals surface area contributed by atoms with Crippen molar-refractivity contribution < 1.29 is 0 Å². The summed E-state index contributed by atoms with van der Waals surface area (Å²) >= 11 is 11.9. The first kappa shape index (κ1) is 14.2. The van der Waals surface area contributed by atoms with E-state index in [1.54, 1.807) is 0 Å². The highest BCUT2D eigenvalue weighted by Crippen LogP contribution is 2.38. The van der Waals surface area contributed by atoms with E-state index in [9.17, 15) is 0 Å². The molecule has 1 aromatic heterocycles. The van der Waals surface area contributed by atoms with E-state index in [0.717, 1.165) is 21.5 Å². The van der Waals surface area contributed by atoms with Gasteiger partial charge in [-0.3, -0.25) is 0 Å². The number of nitrogens with one attached hydrogen (secondary N) is 1. The highest BCUT2D eigenvalue weighted by Gasteiger charge is 2.30. The second-order valence-corrected chi connectivity index (χ2v) is 8.25. The molecule has 0 saturated heterocycles. The third-order valence-electron chi connectivity index (χ3n) is 4.11. The Hall–Kier alpha value is -0.420. The van der Waals surface area contributed by atoms with Crippen LogP contribution in [0.1, 0.15) is 46.4 Å². The molecule has 1 aromatic carbocycles. The van der Waals surface area contributed by atoms with Crippen LogP contribution >= 0.6 is 38.9 Å². The van der Waals surface area contributed by atoms with Crippen molar-refractivity contribution in [3.8, 4) is 0 Å². The number of aromatic nitrogens is 1. The molecule has 5 heteroatoms. The number of benzene rings is 1. The van der Waals surface area contributed by atoms with Crippen molar-refractivity contribution >= 4 is 38.9 Å². The van der Waals surface area contributed by atoms with Crippen molar-refractivity contribution in [2.75, 3.05) is 0 Å². The number of fused-ring (bicyclic) bond motifs is 1. The van der Waals surface area contributed by atoms with E-state index in [1.165, 1.54) is 41.3 Å². The van der Waals surface area contributed by atoms with Crippen LogP contribution in [0.3, 0.4) is 0 Å². The van der Waals surface area contributed by atoms with E-state index < -0.39 is 0 Å². The molecule has 2 aliphatic carbocycles. The largest absolute Gasteiger partial charge is 0.301 e. The summed E-state index contributed by atoms with van der Waals surface area (Å²) in [5.74, 6) is 0. The minimum atomic E-state index is 0.123. The van der Waals surface area contributed by atoms with Gasteiger partial charge in [-0.15, -0.1) is 11.3 Å². The normalized spacial score (nSPS) is 18.8. The molecule has 2 aliphatic rings. The Morgan fingerprint density at radius 3 is 2.95 bits per heavy atom. The van der Waals surface area contributed by atoms with Crippen LogP contribution in [-0.2, 0) is 12.8 Å². The molecule has 1 atom stereocenters. The van der Waals surface area contributed by atoms with E-state index in [2.05, 4.69) is 27.3 Å². The first-order valence-electron chi connectivity index (χ1n) is 7.40. The van der Waals surface area contributed by atoms with Crippen LogP contribution in [0.5, 0.6) is 0 Å². The van der Waals surface area contributed by atoms with E-state index in [-0.39, 0.29) is 6.04 Å². The SMILES string of the molecule is Clc1ccc(Br)cc1C(NC1CC1)c1nc2c(s1)CCC2. The average molecular weight is 384 g/mol. The standard InChI is InChI=1S/C16H16BrClN2S/c17-9-4-7-12(18)11(8-9)15(19-10-5-6-10)16-20-13-2-1-3-14(13)21-16/h4,7-8,10,15,19H,1-3,5-6H2. The van der Waals surface area contributed by atoms with Crippen molar-refractivity contribution in [3.05, 3.63) is 48.8 Å². The van der Waals surface area contributed by atoms with Crippen LogP contribution in [-0.4, -0.2) is 11.0 Å². The predicted octanol–water partition coefficient (Wildman–Crippen LogP) is 4.89. The van der Waals surface area contributed by atoms with Gasteiger partial charge in [0, 0.05) is 20.4 Å². The van der Waals surface area contributed by atoms with E-state index in [4.69, 9.17) is 16.6 Å². The van der Waals surface area contributed by atoms with Crippen LogP contribution in [0.15, 0.2) is 22.7 Å². The number of nitrogens with zero attached hydrogens (tertiary/aromatic N) is 1. The Morgan fingerprint density at radius 2 is 2.19 bits per heavy atom. The Morgan fingerprint density at radius 1 is 1.33 bits per heavy atom. The fraction of sp³-hybridized carbons (Fsp3) is 0.438. The zero-order chi connectivity index (χ0) is 14.4. The molecule has 2 nitrogen and oxygen atoms in total. The number of rotatable bonds is 4. The number of hydrogen-bond donors (Lipinski definition) is 1. The highest BCUT2D eigenvalue weighted by atomic mass is 79.9. The van der Waals surface area contributed by atoms with Gasteiger partial charge in [0.1, 0.15) is 5.01 Å². The molecule has 21 heavy (non-hydrogen) atoms. The van der Waals surface area contributed by atoms with Gasteiger partial charge < -0.3 is 5.32 Å². The lowest BCUT2D eigenvalue weighted by atomic mass is 10.1. The molecule has 0 aliphatic heterocycles. The smallest absolute Gasteiger partial charge is 0.115 e. The van der Waals surface area contributed by atoms with Gasteiger partial charge in [-0.25, -0.2) is 4.98 Å². The van der Waals surface area contributed by atoms with Gasteiger partial charge in [0.15, 0.2) is 0 Å². The van der Waals surface area contributed by atoms with Gasteiger partial charge in [0.25, 0.3) is 0 Å². The Balaban J connectivity index is 1.74. The summed E-state index contributed by atoms with van der Waals surface area (Å²) in [6.07, 6.45) is 6.09. The molecular weight excluding hydrogens is 368 g/mol. The molecule has 1 fully saturated rings. The van der Waals surface area contributed by atoms with Gasteiger partial charge >= 0.3 is 0 Å². The molecule has 1 saturated carbocycles. The summed E-state index contributed by atoms with van der Waals surface area (Å²) in [6, 6.07) is 6.81.